The van der Waals surface area contributed by atoms with Gasteiger partial charge in [0.25, 0.3) is 0 Å². The third kappa shape index (κ3) is 3.54. The van der Waals surface area contributed by atoms with Crippen molar-refractivity contribution < 1.29 is 9.90 Å². The van der Waals surface area contributed by atoms with Gasteiger partial charge in [0.1, 0.15) is 5.78 Å². The number of ketones is 1. The summed E-state index contributed by atoms with van der Waals surface area (Å²) in [6.07, 6.45) is 11.0. The van der Waals surface area contributed by atoms with Gasteiger partial charge in [0.15, 0.2) is 0 Å². The number of hydrogen-bond donors (Lipinski definition) is 1. The molecule has 0 aromatic heterocycles. The Bertz CT molecular complexity index is 680. The van der Waals surface area contributed by atoms with Gasteiger partial charge in [-0.25, -0.2) is 0 Å². The van der Waals surface area contributed by atoms with Crippen LogP contribution in [0.15, 0.2) is 12.2 Å². The molecule has 4 fully saturated rings. The maximum absolute atomic E-state index is 13.5. The van der Waals surface area contributed by atoms with Crippen molar-refractivity contribution in [1.82, 2.24) is 0 Å². The van der Waals surface area contributed by atoms with Crippen molar-refractivity contribution in [2.45, 2.75) is 105 Å². The molecule has 4 rings (SSSR count). The summed E-state index contributed by atoms with van der Waals surface area (Å²) < 4.78 is 0. The molecule has 0 spiro atoms. The van der Waals surface area contributed by atoms with Crippen LogP contribution in [0, 0.1) is 52.3 Å². The number of hydrogen-bond acceptors (Lipinski definition) is 2. The van der Waals surface area contributed by atoms with E-state index >= 15 is 0 Å². The first-order chi connectivity index (χ1) is 14.1. The van der Waals surface area contributed by atoms with Gasteiger partial charge in [-0.05, 0) is 104 Å². The van der Waals surface area contributed by atoms with Gasteiger partial charge < -0.3 is 5.11 Å². The number of aliphatic hydroxyl groups excluding tert-OH is 1. The zero-order valence-electron chi connectivity index (χ0n) is 20.3. The lowest BCUT2D eigenvalue weighted by Crippen LogP contribution is -2.57. The molecule has 9 unspecified atom stereocenters. The second kappa shape index (κ2) is 8.05. The summed E-state index contributed by atoms with van der Waals surface area (Å²) in [4.78, 5) is 13.5. The maximum Gasteiger partial charge on any atom is 0.136 e. The van der Waals surface area contributed by atoms with E-state index in [1.54, 1.807) is 0 Å². The van der Waals surface area contributed by atoms with Gasteiger partial charge in [0, 0.05) is 12.3 Å². The smallest absolute Gasteiger partial charge is 0.136 e. The summed E-state index contributed by atoms with van der Waals surface area (Å²) in [7, 11) is 0. The van der Waals surface area contributed by atoms with E-state index in [0.29, 0.717) is 40.8 Å². The second-order valence-electron chi connectivity index (χ2n) is 12.6. The van der Waals surface area contributed by atoms with Gasteiger partial charge in [-0.15, -0.1) is 0 Å². The van der Waals surface area contributed by atoms with E-state index < -0.39 is 0 Å². The summed E-state index contributed by atoms with van der Waals surface area (Å²) in [6, 6.07) is 0. The number of aliphatic hydroxyl groups is 1. The molecule has 4 saturated carbocycles. The maximum atomic E-state index is 13.5. The molecule has 0 bridgehead atoms. The molecule has 30 heavy (non-hydrogen) atoms. The Morgan fingerprint density at radius 2 is 1.73 bits per heavy atom. The Kier molecular flexibility index (Phi) is 6.06. The molecule has 0 amide bonds. The lowest BCUT2D eigenvalue weighted by atomic mass is 9.44. The van der Waals surface area contributed by atoms with Gasteiger partial charge >= 0.3 is 0 Å². The molecule has 0 heterocycles. The van der Waals surface area contributed by atoms with Crippen LogP contribution in [-0.4, -0.2) is 17.0 Å². The van der Waals surface area contributed by atoms with Crippen LogP contribution in [0.4, 0.5) is 0 Å². The molecule has 170 valence electrons. The van der Waals surface area contributed by atoms with Crippen molar-refractivity contribution in [3.8, 4) is 0 Å². The first-order valence-corrected chi connectivity index (χ1v) is 13.0. The van der Waals surface area contributed by atoms with E-state index in [-0.39, 0.29) is 11.5 Å². The first kappa shape index (κ1) is 22.6. The van der Waals surface area contributed by atoms with E-state index in [2.05, 4.69) is 41.2 Å². The third-order valence-corrected chi connectivity index (χ3v) is 10.9. The van der Waals surface area contributed by atoms with E-state index in [4.69, 9.17) is 0 Å². The molecule has 1 N–H and O–H groups in total. The standard InChI is InChI=1S/C28H46O2/c1-17(2)18(3)7-8-19(4)22-9-10-23-26-24(12-14-28(22,23)6)27(5)13-11-21(29)15-20(27)16-25(26)30/h17,19-24,26,29H,3,7-16H2,1-2,4-6H3. The molecule has 0 radical (unpaired) electrons. The number of rotatable bonds is 5. The number of allylic oxidation sites excluding steroid dienone is 1. The zero-order chi connectivity index (χ0) is 21.8. The Balaban J connectivity index is 1.51. The van der Waals surface area contributed by atoms with Crippen LogP contribution in [0.1, 0.15) is 98.8 Å². The largest absolute Gasteiger partial charge is 0.393 e. The van der Waals surface area contributed by atoms with Crippen LogP contribution in [-0.2, 0) is 4.79 Å². The van der Waals surface area contributed by atoms with E-state index in [1.165, 1.54) is 37.7 Å². The van der Waals surface area contributed by atoms with Crippen molar-refractivity contribution >= 4 is 5.78 Å². The minimum absolute atomic E-state index is 0.182. The predicted octanol–water partition coefficient (Wildman–Crippen LogP) is 6.81. The molecule has 4 aliphatic carbocycles. The summed E-state index contributed by atoms with van der Waals surface area (Å²) in [6.45, 7) is 16.3. The highest BCUT2D eigenvalue weighted by Crippen LogP contribution is 2.67. The quantitative estimate of drug-likeness (QED) is 0.501. The van der Waals surface area contributed by atoms with Crippen LogP contribution in [0.3, 0.4) is 0 Å². The fourth-order valence-electron chi connectivity index (χ4n) is 8.79. The number of fused-ring (bicyclic) bond motifs is 5. The fraction of sp³-hybridized carbons (Fsp3) is 0.893. The van der Waals surface area contributed by atoms with Gasteiger partial charge in [-0.2, -0.15) is 0 Å². The topological polar surface area (TPSA) is 37.3 Å². The molecular weight excluding hydrogens is 368 g/mol. The molecule has 4 aliphatic rings. The van der Waals surface area contributed by atoms with E-state index in [0.717, 1.165) is 43.9 Å². The van der Waals surface area contributed by atoms with Crippen molar-refractivity contribution in [3.63, 3.8) is 0 Å². The Morgan fingerprint density at radius 1 is 1.07 bits per heavy atom. The van der Waals surface area contributed by atoms with Gasteiger partial charge in [-0.3, -0.25) is 4.79 Å². The number of Topliss-reactive ketones (excluding diaryl/α,β-unsaturated/α-hetero) is 1. The Hall–Kier alpha value is -0.630. The molecule has 2 nitrogen and oxygen atoms in total. The SMILES string of the molecule is C=C(CCC(C)C1CCC2C3C(=O)CC4CC(O)CCC4(C)C3CCC12C)C(C)C. The Morgan fingerprint density at radius 3 is 2.43 bits per heavy atom. The monoisotopic (exact) mass is 414 g/mol. The lowest BCUT2D eigenvalue weighted by Gasteiger charge is -2.60. The van der Waals surface area contributed by atoms with E-state index in [9.17, 15) is 9.90 Å². The third-order valence-electron chi connectivity index (χ3n) is 10.9. The normalized spacial score (nSPS) is 46.8. The molecule has 2 heteroatoms. The highest BCUT2D eigenvalue weighted by atomic mass is 16.3. The highest BCUT2D eigenvalue weighted by molar-refractivity contribution is 5.83. The van der Waals surface area contributed by atoms with Crippen LogP contribution in [0.5, 0.6) is 0 Å². The van der Waals surface area contributed by atoms with Crippen LogP contribution >= 0.6 is 0 Å². The minimum atomic E-state index is -0.182. The molecule has 0 aromatic rings. The van der Waals surface area contributed by atoms with Crippen LogP contribution < -0.4 is 0 Å². The number of carbonyl (C=O) groups is 1. The van der Waals surface area contributed by atoms with Crippen molar-refractivity contribution in [2.75, 3.05) is 0 Å². The first-order valence-electron chi connectivity index (χ1n) is 13.0. The van der Waals surface area contributed by atoms with Crippen LogP contribution in [0.25, 0.3) is 0 Å². The van der Waals surface area contributed by atoms with Crippen LogP contribution in [0.2, 0.25) is 0 Å². The van der Waals surface area contributed by atoms with E-state index in [1.807, 2.05) is 0 Å². The second-order valence-corrected chi connectivity index (χ2v) is 12.6. The Labute approximate surface area is 185 Å². The van der Waals surface area contributed by atoms with Gasteiger partial charge in [0.2, 0.25) is 0 Å². The molecule has 0 aliphatic heterocycles. The molecule has 0 aromatic carbocycles. The summed E-state index contributed by atoms with van der Waals surface area (Å²) >= 11 is 0. The summed E-state index contributed by atoms with van der Waals surface area (Å²) in [5.41, 5.74) is 2.01. The molecular formula is C28H46O2. The molecule has 9 atom stereocenters. The highest BCUT2D eigenvalue weighted by Gasteiger charge is 2.62. The fourth-order valence-corrected chi connectivity index (χ4v) is 8.79. The number of carbonyl (C=O) groups excluding carboxylic acids is 1. The average molecular weight is 415 g/mol. The van der Waals surface area contributed by atoms with Crippen molar-refractivity contribution in [2.24, 2.45) is 52.3 Å². The van der Waals surface area contributed by atoms with Gasteiger partial charge in [0.05, 0.1) is 6.10 Å². The summed E-state index contributed by atoms with van der Waals surface area (Å²) in [5, 5.41) is 10.2. The zero-order valence-corrected chi connectivity index (χ0v) is 20.3. The minimum Gasteiger partial charge on any atom is -0.393 e. The van der Waals surface area contributed by atoms with Crippen molar-refractivity contribution in [3.05, 3.63) is 12.2 Å². The average Bonchev–Trinajstić information content (AvgIpc) is 3.04. The lowest BCUT2D eigenvalue weighted by molar-refractivity contribution is -0.160. The van der Waals surface area contributed by atoms with Crippen molar-refractivity contribution in [1.29, 1.82) is 0 Å². The predicted molar refractivity (Wildman–Crippen MR) is 124 cm³/mol. The molecule has 0 saturated heterocycles. The van der Waals surface area contributed by atoms with Gasteiger partial charge in [-0.1, -0.05) is 46.8 Å². The summed E-state index contributed by atoms with van der Waals surface area (Å²) in [5.74, 6) is 4.48.